The SMILES string of the molecule is C/C(=C\C[C@@H](O)C(C)(C)O)[C@@H](O)CO. The van der Waals surface area contributed by atoms with Crippen LogP contribution in [0.2, 0.25) is 0 Å². The van der Waals surface area contributed by atoms with Crippen LogP contribution in [0, 0.1) is 0 Å². The summed E-state index contributed by atoms with van der Waals surface area (Å²) in [7, 11) is 0. The lowest BCUT2D eigenvalue weighted by Crippen LogP contribution is -2.35. The summed E-state index contributed by atoms with van der Waals surface area (Å²) >= 11 is 0. The summed E-state index contributed by atoms with van der Waals surface area (Å²) in [5.74, 6) is 0. The molecule has 0 aromatic rings. The lowest BCUT2D eigenvalue weighted by molar-refractivity contribution is -0.0458. The van der Waals surface area contributed by atoms with E-state index in [1.807, 2.05) is 0 Å². The Bertz CT molecular complexity index is 193. The van der Waals surface area contributed by atoms with Crippen LogP contribution in [-0.2, 0) is 0 Å². The highest BCUT2D eigenvalue weighted by atomic mass is 16.3. The van der Waals surface area contributed by atoms with Crippen LogP contribution < -0.4 is 0 Å². The van der Waals surface area contributed by atoms with Crippen molar-refractivity contribution >= 4 is 0 Å². The van der Waals surface area contributed by atoms with Gasteiger partial charge in [0.2, 0.25) is 0 Å². The van der Waals surface area contributed by atoms with E-state index in [2.05, 4.69) is 0 Å². The topological polar surface area (TPSA) is 80.9 Å². The maximum absolute atomic E-state index is 9.45. The largest absolute Gasteiger partial charge is 0.393 e. The van der Waals surface area contributed by atoms with Gasteiger partial charge >= 0.3 is 0 Å². The molecule has 0 heterocycles. The Hall–Kier alpha value is -0.420. The molecular weight excluding hydrogens is 184 g/mol. The molecule has 0 aliphatic heterocycles. The second kappa shape index (κ2) is 5.46. The Balaban J connectivity index is 4.16. The van der Waals surface area contributed by atoms with Crippen LogP contribution in [0.3, 0.4) is 0 Å². The van der Waals surface area contributed by atoms with Crippen molar-refractivity contribution in [1.29, 1.82) is 0 Å². The predicted molar refractivity (Wildman–Crippen MR) is 53.8 cm³/mol. The molecule has 4 nitrogen and oxygen atoms in total. The van der Waals surface area contributed by atoms with Crippen LogP contribution in [0.5, 0.6) is 0 Å². The third-order valence-electron chi connectivity index (χ3n) is 2.18. The first-order chi connectivity index (χ1) is 6.29. The summed E-state index contributed by atoms with van der Waals surface area (Å²) < 4.78 is 0. The molecule has 0 radical (unpaired) electrons. The molecule has 0 aromatic carbocycles. The van der Waals surface area contributed by atoms with E-state index in [1.165, 1.54) is 13.8 Å². The molecule has 0 saturated heterocycles. The average molecular weight is 204 g/mol. The van der Waals surface area contributed by atoms with Crippen molar-refractivity contribution in [2.45, 2.75) is 45.0 Å². The zero-order chi connectivity index (χ0) is 11.4. The minimum atomic E-state index is -1.15. The van der Waals surface area contributed by atoms with Gasteiger partial charge in [-0.15, -0.1) is 0 Å². The second-order valence-electron chi connectivity index (χ2n) is 4.05. The monoisotopic (exact) mass is 204 g/mol. The van der Waals surface area contributed by atoms with Crippen molar-refractivity contribution in [3.05, 3.63) is 11.6 Å². The third-order valence-corrected chi connectivity index (χ3v) is 2.18. The minimum absolute atomic E-state index is 0.256. The fourth-order valence-corrected chi connectivity index (χ4v) is 0.866. The first-order valence-corrected chi connectivity index (χ1v) is 4.65. The van der Waals surface area contributed by atoms with Gasteiger partial charge in [-0.05, 0) is 32.8 Å². The lowest BCUT2D eigenvalue weighted by Gasteiger charge is -2.23. The van der Waals surface area contributed by atoms with Crippen molar-refractivity contribution in [3.8, 4) is 0 Å². The molecule has 0 saturated carbocycles. The molecule has 14 heavy (non-hydrogen) atoms. The number of aliphatic hydroxyl groups is 4. The average Bonchev–Trinajstić information content (AvgIpc) is 2.10. The molecule has 0 unspecified atom stereocenters. The zero-order valence-corrected chi connectivity index (χ0v) is 8.94. The quantitative estimate of drug-likeness (QED) is 0.468. The van der Waals surface area contributed by atoms with Gasteiger partial charge in [0.1, 0.15) is 0 Å². The predicted octanol–water partition coefficient (Wildman–Crippen LogP) is -0.192. The van der Waals surface area contributed by atoms with E-state index in [-0.39, 0.29) is 13.0 Å². The molecule has 0 bridgehead atoms. The van der Waals surface area contributed by atoms with E-state index in [0.717, 1.165) is 0 Å². The highest BCUT2D eigenvalue weighted by Crippen LogP contribution is 2.14. The molecule has 0 spiro atoms. The van der Waals surface area contributed by atoms with Gasteiger partial charge in [-0.25, -0.2) is 0 Å². The smallest absolute Gasteiger partial charge is 0.0978 e. The van der Waals surface area contributed by atoms with Crippen molar-refractivity contribution in [2.75, 3.05) is 6.61 Å². The maximum atomic E-state index is 9.45. The lowest BCUT2D eigenvalue weighted by atomic mass is 9.97. The van der Waals surface area contributed by atoms with E-state index in [4.69, 9.17) is 5.11 Å². The first kappa shape index (κ1) is 13.6. The Kier molecular flexibility index (Phi) is 5.29. The number of hydrogen-bond donors (Lipinski definition) is 4. The molecule has 4 N–H and O–H groups in total. The Labute approximate surface area is 84.5 Å². The molecule has 0 aliphatic carbocycles. The summed E-state index contributed by atoms with van der Waals surface area (Å²) in [4.78, 5) is 0. The van der Waals surface area contributed by atoms with E-state index < -0.39 is 17.8 Å². The molecular formula is C10H20O4. The van der Waals surface area contributed by atoms with Gasteiger partial charge in [-0.2, -0.15) is 0 Å². The maximum Gasteiger partial charge on any atom is 0.0978 e. The first-order valence-electron chi connectivity index (χ1n) is 4.65. The fourth-order valence-electron chi connectivity index (χ4n) is 0.866. The van der Waals surface area contributed by atoms with Crippen LogP contribution in [-0.4, -0.2) is 44.8 Å². The van der Waals surface area contributed by atoms with E-state index >= 15 is 0 Å². The van der Waals surface area contributed by atoms with Gasteiger partial charge in [0.25, 0.3) is 0 Å². The van der Waals surface area contributed by atoms with Crippen LogP contribution in [0.25, 0.3) is 0 Å². The van der Waals surface area contributed by atoms with Crippen molar-refractivity contribution in [2.24, 2.45) is 0 Å². The van der Waals surface area contributed by atoms with E-state index in [0.29, 0.717) is 5.57 Å². The summed E-state index contributed by atoms with van der Waals surface area (Å²) in [6, 6.07) is 0. The zero-order valence-electron chi connectivity index (χ0n) is 8.94. The van der Waals surface area contributed by atoms with Crippen molar-refractivity contribution in [3.63, 3.8) is 0 Å². The molecule has 0 aliphatic rings. The standard InChI is InChI=1S/C10H20O4/c1-7(8(12)6-11)4-5-9(13)10(2,3)14/h4,8-9,11-14H,5-6H2,1-3H3/b7-4+/t8-,9+/m0/s1. The summed E-state index contributed by atoms with van der Waals surface area (Å²) in [5.41, 5.74) is -0.559. The molecule has 84 valence electrons. The molecule has 0 fully saturated rings. The molecule has 0 amide bonds. The summed E-state index contributed by atoms with van der Waals surface area (Å²) in [5, 5.41) is 36.7. The van der Waals surface area contributed by atoms with Gasteiger partial charge in [0.15, 0.2) is 0 Å². The molecule has 4 heteroatoms. The molecule has 0 rings (SSSR count). The van der Waals surface area contributed by atoms with Gasteiger partial charge < -0.3 is 20.4 Å². The van der Waals surface area contributed by atoms with Crippen LogP contribution in [0.4, 0.5) is 0 Å². The van der Waals surface area contributed by atoms with Gasteiger partial charge in [-0.3, -0.25) is 0 Å². The van der Waals surface area contributed by atoms with Crippen LogP contribution >= 0.6 is 0 Å². The normalized spacial score (nSPS) is 18.1. The highest BCUT2D eigenvalue weighted by Gasteiger charge is 2.23. The molecule has 2 atom stereocenters. The van der Waals surface area contributed by atoms with Gasteiger partial charge in [-0.1, -0.05) is 6.08 Å². The van der Waals surface area contributed by atoms with E-state index in [9.17, 15) is 15.3 Å². The fraction of sp³-hybridized carbons (Fsp3) is 0.800. The van der Waals surface area contributed by atoms with Crippen LogP contribution in [0.1, 0.15) is 27.2 Å². The van der Waals surface area contributed by atoms with Gasteiger partial charge in [0, 0.05) is 0 Å². The third kappa shape index (κ3) is 4.72. The Morgan fingerprint density at radius 3 is 2.21 bits per heavy atom. The van der Waals surface area contributed by atoms with E-state index in [1.54, 1.807) is 13.0 Å². The Morgan fingerprint density at radius 2 is 1.86 bits per heavy atom. The number of rotatable bonds is 5. The minimum Gasteiger partial charge on any atom is -0.393 e. The highest BCUT2D eigenvalue weighted by molar-refractivity contribution is 5.05. The second-order valence-corrected chi connectivity index (χ2v) is 4.05. The summed E-state index contributed by atoms with van der Waals surface area (Å²) in [6.45, 7) is 4.37. The Morgan fingerprint density at radius 1 is 1.36 bits per heavy atom. The van der Waals surface area contributed by atoms with Gasteiger partial charge in [0.05, 0.1) is 24.4 Å². The van der Waals surface area contributed by atoms with Crippen molar-refractivity contribution in [1.82, 2.24) is 0 Å². The van der Waals surface area contributed by atoms with Crippen LogP contribution in [0.15, 0.2) is 11.6 Å². The van der Waals surface area contributed by atoms with Crippen molar-refractivity contribution < 1.29 is 20.4 Å². The molecule has 0 aromatic heterocycles. The number of hydrogen-bond acceptors (Lipinski definition) is 4. The number of aliphatic hydroxyl groups excluding tert-OH is 3. The summed E-state index contributed by atoms with van der Waals surface area (Å²) in [6.07, 6.45) is 0.114.